The van der Waals surface area contributed by atoms with Crippen LogP contribution in [0.5, 0.6) is 0 Å². The van der Waals surface area contributed by atoms with Crippen LogP contribution in [-0.4, -0.2) is 47.0 Å². The second-order valence-corrected chi connectivity index (χ2v) is 5.98. The summed E-state index contributed by atoms with van der Waals surface area (Å²) in [4.78, 5) is 12.0. The standard InChI is InChI=1S/C13H24N2O3/c1-13(18,8-16)7-14-12(17)11-6-9-4-2-3-5-10(9)15-11/h9-11,15-16,18H,2-8H2,1H3,(H,14,17). The van der Waals surface area contributed by atoms with Crippen molar-refractivity contribution in [2.75, 3.05) is 13.2 Å². The third-order valence-electron chi connectivity index (χ3n) is 4.16. The van der Waals surface area contributed by atoms with E-state index in [1.54, 1.807) is 0 Å². The van der Waals surface area contributed by atoms with Gasteiger partial charge in [0.1, 0.15) is 5.60 Å². The molecule has 18 heavy (non-hydrogen) atoms. The zero-order valence-electron chi connectivity index (χ0n) is 11.0. The van der Waals surface area contributed by atoms with Gasteiger partial charge < -0.3 is 20.8 Å². The normalized spacial score (nSPS) is 34.7. The minimum absolute atomic E-state index is 0.0573. The number of carbonyl (C=O) groups is 1. The Morgan fingerprint density at radius 1 is 1.44 bits per heavy atom. The largest absolute Gasteiger partial charge is 0.393 e. The van der Waals surface area contributed by atoms with Gasteiger partial charge in [-0.25, -0.2) is 0 Å². The molecule has 1 amide bonds. The summed E-state index contributed by atoms with van der Waals surface area (Å²) >= 11 is 0. The number of hydrogen-bond donors (Lipinski definition) is 4. The van der Waals surface area contributed by atoms with E-state index in [9.17, 15) is 9.90 Å². The van der Waals surface area contributed by atoms with Gasteiger partial charge in [-0.3, -0.25) is 4.79 Å². The highest BCUT2D eigenvalue weighted by Crippen LogP contribution is 2.33. The molecule has 4 N–H and O–H groups in total. The van der Waals surface area contributed by atoms with Gasteiger partial charge in [0.25, 0.3) is 0 Å². The van der Waals surface area contributed by atoms with Crippen molar-refractivity contribution in [1.29, 1.82) is 0 Å². The Hall–Kier alpha value is -0.650. The smallest absolute Gasteiger partial charge is 0.237 e. The maximum Gasteiger partial charge on any atom is 0.237 e. The summed E-state index contributed by atoms with van der Waals surface area (Å²) in [5.74, 6) is 0.575. The molecule has 4 unspecified atom stereocenters. The van der Waals surface area contributed by atoms with E-state index >= 15 is 0 Å². The molecule has 0 aromatic carbocycles. The van der Waals surface area contributed by atoms with Crippen molar-refractivity contribution in [1.82, 2.24) is 10.6 Å². The number of rotatable bonds is 4. The first-order valence-electron chi connectivity index (χ1n) is 6.89. The van der Waals surface area contributed by atoms with E-state index in [-0.39, 0.29) is 25.1 Å². The molecule has 2 rings (SSSR count). The van der Waals surface area contributed by atoms with E-state index in [0.717, 1.165) is 6.42 Å². The van der Waals surface area contributed by atoms with E-state index in [4.69, 9.17) is 5.11 Å². The first kappa shape index (κ1) is 13.8. The summed E-state index contributed by atoms with van der Waals surface area (Å²) in [6.45, 7) is 1.25. The molecule has 0 bridgehead atoms. The number of aliphatic hydroxyl groups excluding tert-OH is 1. The van der Waals surface area contributed by atoms with Crippen LogP contribution in [0.25, 0.3) is 0 Å². The minimum Gasteiger partial charge on any atom is -0.393 e. The van der Waals surface area contributed by atoms with Crippen LogP contribution in [0.2, 0.25) is 0 Å². The molecule has 0 spiro atoms. The molecule has 4 atom stereocenters. The van der Waals surface area contributed by atoms with Crippen LogP contribution < -0.4 is 10.6 Å². The molecular weight excluding hydrogens is 232 g/mol. The predicted molar refractivity (Wildman–Crippen MR) is 68.0 cm³/mol. The number of hydrogen-bond acceptors (Lipinski definition) is 4. The zero-order chi connectivity index (χ0) is 13.2. The fourth-order valence-electron chi connectivity index (χ4n) is 2.98. The Balaban J connectivity index is 1.80. The van der Waals surface area contributed by atoms with E-state index in [1.807, 2.05) is 0 Å². The first-order valence-corrected chi connectivity index (χ1v) is 6.89. The molecule has 5 nitrogen and oxygen atoms in total. The lowest BCUT2D eigenvalue weighted by Crippen LogP contribution is -2.49. The molecule has 2 fully saturated rings. The maximum absolute atomic E-state index is 12.0. The van der Waals surface area contributed by atoms with Gasteiger partial charge in [0.15, 0.2) is 0 Å². The summed E-state index contributed by atoms with van der Waals surface area (Å²) < 4.78 is 0. The van der Waals surface area contributed by atoms with Crippen LogP contribution in [-0.2, 0) is 4.79 Å². The van der Waals surface area contributed by atoms with E-state index in [1.165, 1.54) is 32.6 Å². The number of amides is 1. The van der Waals surface area contributed by atoms with Crippen LogP contribution in [0.4, 0.5) is 0 Å². The molecule has 0 aromatic rings. The van der Waals surface area contributed by atoms with Gasteiger partial charge >= 0.3 is 0 Å². The molecule has 1 saturated heterocycles. The lowest BCUT2D eigenvalue weighted by Gasteiger charge is -2.24. The van der Waals surface area contributed by atoms with Crippen LogP contribution >= 0.6 is 0 Å². The number of carbonyl (C=O) groups excluding carboxylic acids is 1. The first-order chi connectivity index (χ1) is 8.52. The fourth-order valence-corrected chi connectivity index (χ4v) is 2.98. The number of nitrogens with one attached hydrogen (secondary N) is 2. The van der Waals surface area contributed by atoms with Gasteiger partial charge in [0.2, 0.25) is 5.91 Å². The molecular formula is C13H24N2O3. The third-order valence-corrected chi connectivity index (χ3v) is 4.16. The van der Waals surface area contributed by atoms with E-state index in [2.05, 4.69) is 10.6 Å². The zero-order valence-corrected chi connectivity index (χ0v) is 11.0. The van der Waals surface area contributed by atoms with Gasteiger partial charge in [-0.1, -0.05) is 12.8 Å². The average Bonchev–Trinajstić information content (AvgIpc) is 2.80. The average molecular weight is 256 g/mol. The number of aliphatic hydroxyl groups is 2. The predicted octanol–water partition coefficient (Wildman–Crippen LogP) is -0.233. The van der Waals surface area contributed by atoms with Crippen molar-refractivity contribution in [2.45, 2.75) is 56.7 Å². The lowest BCUT2D eigenvalue weighted by molar-refractivity contribution is -0.124. The van der Waals surface area contributed by atoms with Crippen molar-refractivity contribution >= 4 is 5.91 Å². The quantitative estimate of drug-likeness (QED) is 0.560. The highest BCUT2D eigenvalue weighted by atomic mass is 16.3. The Kier molecular flexibility index (Phi) is 4.25. The van der Waals surface area contributed by atoms with Crippen LogP contribution in [0.15, 0.2) is 0 Å². The van der Waals surface area contributed by atoms with Gasteiger partial charge in [-0.05, 0) is 32.1 Å². The summed E-state index contributed by atoms with van der Waals surface area (Å²) in [6, 6.07) is 0.362. The summed E-state index contributed by atoms with van der Waals surface area (Å²) in [7, 11) is 0. The van der Waals surface area contributed by atoms with Crippen LogP contribution in [0.1, 0.15) is 39.0 Å². The van der Waals surface area contributed by atoms with Crippen LogP contribution in [0, 0.1) is 5.92 Å². The van der Waals surface area contributed by atoms with Gasteiger partial charge in [0, 0.05) is 12.6 Å². The van der Waals surface area contributed by atoms with Crippen molar-refractivity contribution in [2.24, 2.45) is 5.92 Å². The molecule has 1 saturated carbocycles. The second-order valence-electron chi connectivity index (χ2n) is 5.98. The van der Waals surface area contributed by atoms with Crippen molar-refractivity contribution in [3.63, 3.8) is 0 Å². The Labute approximate surface area is 108 Å². The molecule has 1 aliphatic carbocycles. The van der Waals surface area contributed by atoms with E-state index in [0.29, 0.717) is 12.0 Å². The second kappa shape index (κ2) is 5.55. The summed E-state index contributed by atoms with van der Waals surface area (Å²) in [6.07, 6.45) is 5.81. The maximum atomic E-state index is 12.0. The Morgan fingerprint density at radius 2 is 2.17 bits per heavy atom. The Bertz CT molecular complexity index is 293. The van der Waals surface area contributed by atoms with Crippen molar-refractivity contribution < 1.29 is 15.0 Å². The van der Waals surface area contributed by atoms with Crippen molar-refractivity contribution in [3.8, 4) is 0 Å². The minimum atomic E-state index is -1.24. The molecule has 5 heteroatoms. The molecule has 104 valence electrons. The molecule has 0 radical (unpaired) electrons. The highest BCUT2D eigenvalue weighted by Gasteiger charge is 2.38. The lowest BCUT2D eigenvalue weighted by atomic mass is 9.85. The third kappa shape index (κ3) is 3.22. The molecule has 1 heterocycles. The monoisotopic (exact) mass is 256 g/mol. The van der Waals surface area contributed by atoms with Gasteiger partial charge in [-0.15, -0.1) is 0 Å². The topological polar surface area (TPSA) is 81.6 Å². The summed E-state index contributed by atoms with van der Waals surface area (Å²) in [5.41, 5.74) is -1.24. The molecule has 1 aliphatic heterocycles. The Morgan fingerprint density at radius 3 is 2.83 bits per heavy atom. The highest BCUT2D eigenvalue weighted by molar-refractivity contribution is 5.82. The molecule has 0 aromatic heterocycles. The van der Waals surface area contributed by atoms with Gasteiger partial charge in [0.05, 0.1) is 12.6 Å². The SMILES string of the molecule is CC(O)(CO)CNC(=O)C1CC2CCCCC2N1. The molecule has 2 aliphatic rings. The van der Waals surface area contributed by atoms with Crippen LogP contribution in [0.3, 0.4) is 0 Å². The van der Waals surface area contributed by atoms with E-state index < -0.39 is 5.60 Å². The van der Waals surface area contributed by atoms with Crippen molar-refractivity contribution in [3.05, 3.63) is 0 Å². The number of fused-ring (bicyclic) bond motifs is 1. The fraction of sp³-hybridized carbons (Fsp3) is 0.923. The summed E-state index contributed by atoms with van der Waals surface area (Å²) in [5, 5.41) is 24.7. The van der Waals surface area contributed by atoms with Gasteiger partial charge in [-0.2, -0.15) is 0 Å².